The van der Waals surface area contributed by atoms with Crippen LogP contribution in [-0.2, 0) is 15.9 Å². The first-order valence-electron chi connectivity index (χ1n) is 7.85. The van der Waals surface area contributed by atoms with Gasteiger partial charge in [0.05, 0.1) is 16.0 Å². The number of thiazole rings is 1. The maximum Gasteiger partial charge on any atom is 0.507 e. The minimum absolute atomic E-state index is 0.322. The lowest BCUT2D eigenvalue weighted by Crippen LogP contribution is -2.41. The summed E-state index contributed by atoms with van der Waals surface area (Å²) in [6, 6.07) is 10.4. The quantitative estimate of drug-likeness (QED) is 0.807. The molecular formula is C17H23BN2O2S. The molecule has 0 N–H and O–H groups in total. The number of rotatable bonds is 4. The Bertz CT molecular complexity index is 656. The predicted octanol–water partition coefficient (Wildman–Crippen LogP) is 3.08. The zero-order valence-corrected chi connectivity index (χ0v) is 15.2. The van der Waals surface area contributed by atoms with Crippen LogP contribution in [0.15, 0.2) is 36.5 Å². The van der Waals surface area contributed by atoms with E-state index in [2.05, 4.69) is 68.9 Å². The third-order valence-corrected chi connectivity index (χ3v) is 5.72. The zero-order chi connectivity index (χ0) is 16.7. The SMILES string of the molecule is CN(Cc1ccccc1)c1ncc(B2OC(C)(C)C(C)(C)O2)s1. The monoisotopic (exact) mass is 330 g/mol. The number of hydrogen-bond donors (Lipinski definition) is 0. The highest BCUT2D eigenvalue weighted by molar-refractivity contribution is 7.25. The Hall–Kier alpha value is -1.37. The van der Waals surface area contributed by atoms with Crippen molar-refractivity contribution in [3.63, 3.8) is 0 Å². The van der Waals surface area contributed by atoms with Crippen LogP contribution in [0.2, 0.25) is 0 Å². The summed E-state index contributed by atoms with van der Waals surface area (Å²) < 4.78 is 13.2. The Morgan fingerprint density at radius 1 is 1.09 bits per heavy atom. The Labute approximate surface area is 142 Å². The summed E-state index contributed by atoms with van der Waals surface area (Å²) >= 11 is 1.62. The normalized spacial score (nSPS) is 19.1. The van der Waals surface area contributed by atoms with Crippen molar-refractivity contribution in [3.8, 4) is 0 Å². The highest BCUT2D eigenvalue weighted by Gasteiger charge is 2.52. The van der Waals surface area contributed by atoms with Crippen molar-refractivity contribution >= 4 is 28.4 Å². The van der Waals surface area contributed by atoms with Crippen LogP contribution in [0.25, 0.3) is 0 Å². The van der Waals surface area contributed by atoms with Crippen LogP contribution in [-0.4, -0.2) is 30.4 Å². The molecule has 122 valence electrons. The second-order valence-electron chi connectivity index (χ2n) is 6.98. The van der Waals surface area contributed by atoms with Gasteiger partial charge in [0, 0.05) is 19.8 Å². The van der Waals surface area contributed by atoms with E-state index >= 15 is 0 Å². The summed E-state index contributed by atoms with van der Waals surface area (Å²) in [6.07, 6.45) is 1.86. The van der Waals surface area contributed by atoms with Crippen LogP contribution in [0.5, 0.6) is 0 Å². The van der Waals surface area contributed by atoms with Crippen molar-refractivity contribution in [2.45, 2.75) is 45.4 Å². The van der Waals surface area contributed by atoms with Crippen molar-refractivity contribution in [3.05, 3.63) is 42.1 Å². The molecule has 0 spiro atoms. The molecule has 6 heteroatoms. The first-order chi connectivity index (χ1) is 10.8. The summed E-state index contributed by atoms with van der Waals surface area (Å²) in [5.74, 6) is 0. The second-order valence-corrected chi connectivity index (χ2v) is 8.02. The third-order valence-electron chi connectivity index (χ3n) is 4.59. The van der Waals surface area contributed by atoms with Gasteiger partial charge in [0.25, 0.3) is 0 Å². The molecule has 0 radical (unpaired) electrons. The molecule has 0 bridgehead atoms. The van der Waals surface area contributed by atoms with Gasteiger partial charge in [-0.3, -0.25) is 0 Å². The molecule has 4 nitrogen and oxygen atoms in total. The van der Waals surface area contributed by atoms with E-state index < -0.39 is 0 Å². The lowest BCUT2D eigenvalue weighted by Gasteiger charge is -2.32. The number of benzene rings is 1. The average Bonchev–Trinajstić information content (AvgIpc) is 3.03. The van der Waals surface area contributed by atoms with Gasteiger partial charge in [0.2, 0.25) is 0 Å². The van der Waals surface area contributed by atoms with Gasteiger partial charge in [-0.15, -0.1) is 11.3 Å². The summed E-state index contributed by atoms with van der Waals surface area (Å²) in [5, 5.41) is 0.971. The first kappa shape index (κ1) is 16.5. The van der Waals surface area contributed by atoms with E-state index in [1.165, 1.54) is 5.56 Å². The van der Waals surface area contributed by atoms with Gasteiger partial charge in [-0.05, 0) is 33.3 Å². The van der Waals surface area contributed by atoms with Crippen LogP contribution in [0, 0.1) is 0 Å². The highest BCUT2D eigenvalue weighted by atomic mass is 32.1. The standard InChI is InChI=1S/C17H23BN2O2S/c1-16(2)17(3,4)22-18(21-16)14-11-19-15(23-14)20(5)12-13-9-7-6-8-10-13/h6-11H,12H2,1-5H3. The molecule has 1 aromatic carbocycles. The molecule has 1 saturated heterocycles. The van der Waals surface area contributed by atoms with Gasteiger partial charge in [-0.1, -0.05) is 30.3 Å². The molecule has 1 aliphatic rings. The van der Waals surface area contributed by atoms with Gasteiger partial charge in [-0.25, -0.2) is 4.98 Å². The van der Waals surface area contributed by atoms with Gasteiger partial charge in [0.15, 0.2) is 5.13 Å². The lowest BCUT2D eigenvalue weighted by molar-refractivity contribution is 0.00578. The molecule has 2 heterocycles. The molecule has 0 unspecified atom stereocenters. The fraction of sp³-hybridized carbons (Fsp3) is 0.471. The lowest BCUT2D eigenvalue weighted by atomic mass is 9.89. The minimum atomic E-state index is -0.337. The van der Waals surface area contributed by atoms with E-state index in [9.17, 15) is 0 Å². The van der Waals surface area contributed by atoms with Gasteiger partial charge < -0.3 is 14.2 Å². The van der Waals surface area contributed by atoms with E-state index in [1.807, 2.05) is 12.3 Å². The number of hydrogen-bond acceptors (Lipinski definition) is 5. The van der Waals surface area contributed by atoms with E-state index in [4.69, 9.17) is 9.31 Å². The van der Waals surface area contributed by atoms with Crippen LogP contribution in [0.3, 0.4) is 0 Å². The van der Waals surface area contributed by atoms with Crippen molar-refractivity contribution in [2.24, 2.45) is 0 Å². The van der Waals surface area contributed by atoms with Gasteiger partial charge in [-0.2, -0.15) is 0 Å². The average molecular weight is 330 g/mol. The molecule has 1 aliphatic heterocycles. The zero-order valence-electron chi connectivity index (χ0n) is 14.4. The molecule has 2 aromatic rings. The van der Waals surface area contributed by atoms with E-state index in [0.717, 1.165) is 16.5 Å². The molecule has 0 aliphatic carbocycles. The summed E-state index contributed by atoms with van der Waals surface area (Å²) in [6.45, 7) is 9.09. The molecular weight excluding hydrogens is 307 g/mol. The topological polar surface area (TPSA) is 34.6 Å². The van der Waals surface area contributed by atoms with Gasteiger partial charge in [0.1, 0.15) is 0 Å². The second kappa shape index (κ2) is 5.93. The Morgan fingerprint density at radius 2 is 1.70 bits per heavy atom. The number of aromatic nitrogens is 1. The molecule has 1 fully saturated rings. The minimum Gasteiger partial charge on any atom is -0.399 e. The molecule has 3 rings (SSSR count). The fourth-order valence-corrected chi connectivity index (χ4v) is 3.28. The number of anilines is 1. The van der Waals surface area contributed by atoms with Crippen LogP contribution in [0.4, 0.5) is 5.13 Å². The first-order valence-corrected chi connectivity index (χ1v) is 8.66. The third kappa shape index (κ3) is 3.29. The summed E-state index contributed by atoms with van der Waals surface area (Å²) in [5.41, 5.74) is 0.623. The Balaban J connectivity index is 1.71. The van der Waals surface area contributed by atoms with Gasteiger partial charge >= 0.3 is 7.12 Å². The van der Waals surface area contributed by atoms with Crippen molar-refractivity contribution in [1.29, 1.82) is 0 Å². The van der Waals surface area contributed by atoms with Crippen molar-refractivity contribution in [1.82, 2.24) is 4.98 Å². The fourth-order valence-electron chi connectivity index (χ4n) is 2.45. The predicted molar refractivity (Wildman–Crippen MR) is 96.4 cm³/mol. The molecule has 0 atom stereocenters. The maximum absolute atomic E-state index is 6.09. The van der Waals surface area contributed by atoms with Crippen molar-refractivity contribution < 1.29 is 9.31 Å². The maximum atomic E-state index is 6.09. The van der Waals surface area contributed by atoms with E-state index in [1.54, 1.807) is 11.3 Å². The Morgan fingerprint density at radius 3 is 2.30 bits per heavy atom. The van der Waals surface area contributed by atoms with E-state index in [0.29, 0.717) is 0 Å². The number of nitrogens with zero attached hydrogens (tertiary/aromatic N) is 2. The summed E-state index contributed by atoms with van der Waals surface area (Å²) in [7, 11) is 1.72. The smallest absolute Gasteiger partial charge is 0.399 e. The van der Waals surface area contributed by atoms with Crippen LogP contribution in [0.1, 0.15) is 33.3 Å². The van der Waals surface area contributed by atoms with Crippen LogP contribution >= 0.6 is 11.3 Å². The highest BCUT2D eigenvalue weighted by Crippen LogP contribution is 2.37. The van der Waals surface area contributed by atoms with Crippen molar-refractivity contribution in [2.75, 3.05) is 11.9 Å². The summed E-state index contributed by atoms with van der Waals surface area (Å²) in [4.78, 5) is 6.68. The Kier molecular flexibility index (Phi) is 4.25. The molecule has 1 aromatic heterocycles. The van der Waals surface area contributed by atoms with E-state index in [-0.39, 0.29) is 18.3 Å². The molecule has 0 amide bonds. The largest absolute Gasteiger partial charge is 0.507 e. The molecule has 23 heavy (non-hydrogen) atoms. The molecule has 0 saturated carbocycles. The van der Waals surface area contributed by atoms with Crippen LogP contribution < -0.4 is 9.68 Å².